The zero-order valence-corrected chi connectivity index (χ0v) is 15.2. The van der Waals surface area contributed by atoms with E-state index in [4.69, 9.17) is 9.72 Å². The van der Waals surface area contributed by atoms with Gasteiger partial charge in [-0.1, -0.05) is 30.3 Å². The van der Waals surface area contributed by atoms with Crippen molar-refractivity contribution in [2.45, 2.75) is 25.7 Å². The number of nitrogens with one attached hydrogen (secondary N) is 1. The largest absolute Gasteiger partial charge is 0.497 e. The average Bonchev–Trinajstić information content (AvgIpc) is 3.09. The van der Waals surface area contributed by atoms with E-state index in [0.29, 0.717) is 6.42 Å². The highest BCUT2D eigenvalue weighted by atomic mass is 16.5. The second kappa shape index (κ2) is 6.23. The molecule has 0 saturated heterocycles. The van der Waals surface area contributed by atoms with E-state index in [-0.39, 0.29) is 5.78 Å². The maximum absolute atomic E-state index is 12.7. The summed E-state index contributed by atoms with van der Waals surface area (Å²) in [5.41, 5.74) is 5.99. The van der Waals surface area contributed by atoms with Gasteiger partial charge in [-0.2, -0.15) is 0 Å². The molecule has 4 nitrogen and oxygen atoms in total. The van der Waals surface area contributed by atoms with Crippen LogP contribution in [-0.4, -0.2) is 22.9 Å². The Balaban J connectivity index is 1.74. The van der Waals surface area contributed by atoms with Crippen LogP contribution in [0.3, 0.4) is 0 Å². The molecule has 4 heteroatoms. The number of rotatable bonds is 3. The van der Waals surface area contributed by atoms with E-state index in [1.807, 2.05) is 24.3 Å². The molecule has 5 rings (SSSR count). The van der Waals surface area contributed by atoms with E-state index < -0.39 is 0 Å². The topological polar surface area (TPSA) is 55.0 Å². The van der Waals surface area contributed by atoms with Gasteiger partial charge in [-0.3, -0.25) is 9.78 Å². The number of benzene rings is 2. The number of nitrogens with zero attached hydrogens (tertiary/aromatic N) is 1. The molecule has 0 atom stereocenters. The summed E-state index contributed by atoms with van der Waals surface area (Å²) >= 11 is 0. The number of hydrogen-bond acceptors (Lipinski definition) is 3. The summed E-state index contributed by atoms with van der Waals surface area (Å²) < 4.78 is 5.26. The van der Waals surface area contributed by atoms with Gasteiger partial charge in [-0.15, -0.1) is 0 Å². The van der Waals surface area contributed by atoms with Gasteiger partial charge < -0.3 is 9.72 Å². The summed E-state index contributed by atoms with van der Waals surface area (Å²) in [6.07, 6.45) is 3.08. The van der Waals surface area contributed by atoms with Crippen LogP contribution in [0.15, 0.2) is 48.5 Å². The van der Waals surface area contributed by atoms with Crippen LogP contribution in [0.4, 0.5) is 0 Å². The summed E-state index contributed by atoms with van der Waals surface area (Å²) in [4.78, 5) is 21.2. The lowest BCUT2D eigenvalue weighted by Gasteiger charge is -2.17. The predicted octanol–water partition coefficient (Wildman–Crippen LogP) is 4.83. The van der Waals surface area contributed by atoms with Crippen LogP contribution >= 0.6 is 0 Å². The fourth-order valence-electron chi connectivity index (χ4n) is 4.12. The Morgan fingerprint density at radius 3 is 2.70 bits per heavy atom. The highest BCUT2D eigenvalue weighted by Gasteiger charge is 2.25. The van der Waals surface area contributed by atoms with Crippen LogP contribution in [0.1, 0.15) is 40.2 Å². The van der Waals surface area contributed by atoms with Crippen molar-refractivity contribution in [3.8, 4) is 5.75 Å². The van der Waals surface area contributed by atoms with Crippen molar-refractivity contribution in [1.82, 2.24) is 9.97 Å². The number of fused-ring (bicyclic) bond motifs is 5. The van der Waals surface area contributed by atoms with Crippen molar-refractivity contribution in [2.75, 3.05) is 7.11 Å². The van der Waals surface area contributed by atoms with E-state index in [2.05, 4.69) is 29.2 Å². The zero-order valence-electron chi connectivity index (χ0n) is 15.2. The first-order valence-electron chi connectivity index (χ1n) is 9.33. The van der Waals surface area contributed by atoms with Gasteiger partial charge in [0.25, 0.3) is 0 Å². The van der Waals surface area contributed by atoms with Gasteiger partial charge in [-0.05, 0) is 36.6 Å². The molecule has 4 aromatic rings. The molecule has 2 aromatic carbocycles. The summed E-state index contributed by atoms with van der Waals surface area (Å²) in [5, 5.41) is 2.15. The minimum Gasteiger partial charge on any atom is -0.497 e. The second-order valence-corrected chi connectivity index (χ2v) is 7.10. The average molecular weight is 356 g/mol. The number of hydrogen-bond donors (Lipinski definition) is 1. The summed E-state index contributed by atoms with van der Waals surface area (Å²) in [6, 6.07) is 16.3. The Bertz CT molecular complexity index is 1170. The second-order valence-electron chi connectivity index (χ2n) is 7.10. The highest BCUT2D eigenvalue weighted by Crippen LogP contribution is 2.35. The van der Waals surface area contributed by atoms with Crippen molar-refractivity contribution in [3.63, 3.8) is 0 Å². The molecule has 134 valence electrons. The van der Waals surface area contributed by atoms with Crippen molar-refractivity contribution in [3.05, 3.63) is 71.0 Å². The molecule has 0 unspecified atom stereocenters. The van der Waals surface area contributed by atoms with E-state index in [1.54, 1.807) is 7.11 Å². The number of aryl methyl sites for hydroxylation is 1. The number of H-pyrrole nitrogens is 1. The minimum atomic E-state index is 0.217. The molecular formula is C23H20N2O2. The molecule has 1 N–H and O–H groups in total. The van der Waals surface area contributed by atoms with Crippen molar-refractivity contribution in [1.29, 1.82) is 0 Å². The minimum absolute atomic E-state index is 0.217. The normalized spacial score (nSPS) is 13.9. The molecule has 2 heterocycles. The number of carbonyl (C=O) groups is 1. The van der Waals surface area contributed by atoms with Crippen molar-refractivity contribution < 1.29 is 9.53 Å². The van der Waals surface area contributed by atoms with Gasteiger partial charge in [0.2, 0.25) is 0 Å². The molecule has 2 aromatic heterocycles. The zero-order chi connectivity index (χ0) is 18.4. The third-order valence-electron chi connectivity index (χ3n) is 5.43. The number of aromatic nitrogens is 2. The molecule has 0 spiro atoms. The molecule has 0 bridgehead atoms. The van der Waals surface area contributed by atoms with Gasteiger partial charge in [0.05, 0.1) is 24.0 Å². The number of ether oxygens (including phenoxy) is 1. The lowest BCUT2D eigenvalue weighted by molar-refractivity contribution is 0.0973. The van der Waals surface area contributed by atoms with Gasteiger partial charge in [0.1, 0.15) is 5.75 Å². The maximum atomic E-state index is 12.7. The van der Waals surface area contributed by atoms with Gasteiger partial charge in [0.15, 0.2) is 5.78 Å². The van der Waals surface area contributed by atoms with Gasteiger partial charge in [-0.25, -0.2) is 0 Å². The monoisotopic (exact) mass is 356 g/mol. The smallest absolute Gasteiger partial charge is 0.165 e. The van der Waals surface area contributed by atoms with E-state index in [1.165, 1.54) is 5.56 Å². The quantitative estimate of drug-likeness (QED) is 0.572. The molecule has 0 radical (unpaired) electrons. The molecule has 0 fully saturated rings. The van der Waals surface area contributed by atoms with E-state index in [0.717, 1.165) is 63.8 Å². The van der Waals surface area contributed by atoms with Crippen molar-refractivity contribution in [2.24, 2.45) is 0 Å². The molecule has 1 aliphatic carbocycles. The summed E-state index contributed by atoms with van der Waals surface area (Å²) in [5.74, 6) is 1.06. The number of pyridine rings is 1. The number of Topliss-reactive ketones (excluding diaryl/α,β-unsaturated/α-hetero) is 1. The Kier molecular flexibility index (Phi) is 3.71. The standard InChI is InChI=1S/C23H20N2O2/c1-27-15-11-9-14(10-12-15)13-19-23-21(16-5-2-3-6-17(16)25-23)22-18(24-19)7-4-8-20(22)26/h2-3,5-6,9-12,25H,4,7-8,13H2,1H3. The SMILES string of the molecule is COc1ccc(Cc2nc3c(c4c2[nH]c2ccccc24)C(=O)CCC3)cc1. The van der Waals surface area contributed by atoms with Crippen LogP contribution in [0.2, 0.25) is 0 Å². The first kappa shape index (κ1) is 16.1. The number of para-hydroxylation sites is 1. The number of carbonyl (C=O) groups excluding carboxylic acids is 1. The fraction of sp³-hybridized carbons (Fsp3) is 0.217. The maximum Gasteiger partial charge on any atom is 0.165 e. The van der Waals surface area contributed by atoms with Gasteiger partial charge in [0, 0.05) is 34.7 Å². The van der Waals surface area contributed by atoms with Gasteiger partial charge >= 0.3 is 0 Å². The molecule has 0 saturated carbocycles. The molecule has 0 aliphatic heterocycles. The Morgan fingerprint density at radius 1 is 1.07 bits per heavy atom. The van der Waals surface area contributed by atoms with Crippen LogP contribution in [0.25, 0.3) is 21.8 Å². The van der Waals surface area contributed by atoms with Crippen LogP contribution in [-0.2, 0) is 12.8 Å². The number of methoxy groups -OCH3 is 1. The third kappa shape index (κ3) is 2.60. The molecular weight excluding hydrogens is 336 g/mol. The Morgan fingerprint density at radius 2 is 1.89 bits per heavy atom. The highest BCUT2D eigenvalue weighted by molar-refractivity contribution is 6.19. The number of aromatic amines is 1. The van der Waals surface area contributed by atoms with Crippen LogP contribution in [0.5, 0.6) is 5.75 Å². The Hall–Kier alpha value is -3.14. The first-order chi connectivity index (χ1) is 13.2. The molecule has 27 heavy (non-hydrogen) atoms. The van der Waals surface area contributed by atoms with E-state index in [9.17, 15) is 4.79 Å². The predicted molar refractivity (Wildman–Crippen MR) is 107 cm³/mol. The summed E-state index contributed by atoms with van der Waals surface area (Å²) in [6.45, 7) is 0. The lowest BCUT2D eigenvalue weighted by Crippen LogP contribution is -2.14. The Labute approximate surface area is 157 Å². The molecule has 1 aliphatic rings. The third-order valence-corrected chi connectivity index (χ3v) is 5.43. The first-order valence-corrected chi connectivity index (χ1v) is 9.33. The van der Waals surface area contributed by atoms with E-state index >= 15 is 0 Å². The van der Waals surface area contributed by atoms with Crippen LogP contribution in [0, 0.1) is 0 Å². The fourth-order valence-corrected chi connectivity index (χ4v) is 4.12. The number of ketones is 1. The van der Waals surface area contributed by atoms with Crippen LogP contribution < -0.4 is 4.74 Å². The lowest BCUT2D eigenvalue weighted by atomic mass is 9.90. The van der Waals surface area contributed by atoms with Crippen molar-refractivity contribution >= 4 is 27.6 Å². The summed E-state index contributed by atoms with van der Waals surface area (Å²) in [7, 11) is 1.67. The molecule has 0 amide bonds.